The number of nitrogens with zero attached hydrogens (tertiary/aromatic N) is 2. The molecular weight excluding hydrogens is 252 g/mol. The fraction of sp³-hybridized carbons (Fsp3) is 0.167. The molecule has 1 heterocycles. The predicted octanol–water partition coefficient (Wildman–Crippen LogP) is 3.01. The fourth-order valence-corrected chi connectivity index (χ4v) is 2.24. The van der Waals surface area contributed by atoms with Gasteiger partial charge in [-0.1, -0.05) is 35.5 Å². The summed E-state index contributed by atoms with van der Waals surface area (Å²) < 4.78 is 4.93. The van der Waals surface area contributed by atoms with E-state index in [2.05, 4.69) is 10.3 Å². The maximum Gasteiger partial charge on any atom is 0.338 e. The summed E-state index contributed by atoms with van der Waals surface area (Å²) in [6.45, 7) is 0. The van der Waals surface area contributed by atoms with Crippen LogP contribution in [0.2, 0.25) is 0 Å². The van der Waals surface area contributed by atoms with Gasteiger partial charge in [0.25, 0.3) is 0 Å². The van der Waals surface area contributed by atoms with Crippen molar-refractivity contribution in [1.82, 2.24) is 5.16 Å². The molecule has 1 amide bonds. The third kappa shape index (κ3) is 3.27. The maximum absolute atomic E-state index is 10.9. The van der Waals surface area contributed by atoms with E-state index >= 15 is 0 Å². The van der Waals surface area contributed by atoms with Crippen molar-refractivity contribution in [1.29, 1.82) is 0 Å². The summed E-state index contributed by atoms with van der Waals surface area (Å²) in [7, 11) is 0. The average molecular weight is 262 g/mol. The number of thioether (sulfide) groups is 1. The van der Waals surface area contributed by atoms with Gasteiger partial charge in [0.15, 0.2) is 5.69 Å². The van der Waals surface area contributed by atoms with E-state index in [4.69, 9.17) is 4.52 Å². The number of benzene rings is 1. The number of aromatic nitrogens is 1. The van der Waals surface area contributed by atoms with Crippen molar-refractivity contribution in [3.8, 4) is 0 Å². The van der Waals surface area contributed by atoms with Crippen molar-refractivity contribution >= 4 is 17.7 Å². The summed E-state index contributed by atoms with van der Waals surface area (Å²) >= 11 is 1.64. The van der Waals surface area contributed by atoms with E-state index in [0.29, 0.717) is 11.5 Å². The van der Waals surface area contributed by atoms with Crippen LogP contribution in [0, 0.1) is 4.91 Å². The molecule has 1 aromatic heterocycles. The topological polar surface area (TPSA) is 72.5 Å². The van der Waals surface area contributed by atoms with Gasteiger partial charge in [-0.05, 0) is 5.56 Å². The second-order valence-electron chi connectivity index (χ2n) is 3.55. The molecule has 0 bridgehead atoms. The van der Waals surface area contributed by atoms with Crippen LogP contribution in [-0.2, 0) is 11.5 Å². The summed E-state index contributed by atoms with van der Waals surface area (Å²) in [5.74, 6) is 1.09. The van der Waals surface area contributed by atoms with E-state index in [1.165, 1.54) is 11.6 Å². The van der Waals surface area contributed by atoms with Gasteiger partial charge in [-0.2, -0.15) is 0 Å². The molecule has 0 saturated carbocycles. The van der Waals surface area contributed by atoms with Crippen molar-refractivity contribution in [2.45, 2.75) is 11.5 Å². The van der Waals surface area contributed by atoms with Gasteiger partial charge in [0, 0.05) is 17.0 Å². The fourth-order valence-electron chi connectivity index (χ4n) is 1.37. The van der Waals surface area contributed by atoms with Gasteiger partial charge < -0.3 is 4.52 Å². The highest BCUT2D eigenvalue weighted by Gasteiger charge is 2.12. The Morgan fingerprint density at radius 3 is 2.78 bits per heavy atom. The van der Waals surface area contributed by atoms with Crippen molar-refractivity contribution < 1.29 is 9.32 Å². The molecule has 92 valence electrons. The van der Waals surface area contributed by atoms with E-state index in [1.807, 2.05) is 30.3 Å². The first-order chi connectivity index (χ1) is 8.79. The van der Waals surface area contributed by atoms with Gasteiger partial charge in [-0.25, -0.2) is 0 Å². The standard InChI is InChI=1S/C12H10N2O3S/c15-12(13-16)11-6-10(17-14-11)8-18-7-9-4-2-1-3-5-9/h1-6H,7-8H2. The zero-order chi connectivity index (χ0) is 12.8. The quantitative estimate of drug-likeness (QED) is 0.774. The SMILES string of the molecule is O=NC(=O)c1cc(CSCc2ccccc2)on1. The number of nitroso groups, excluding NO2 is 1. The first-order valence-electron chi connectivity index (χ1n) is 5.24. The van der Waals surface area contributed by atoms with E-state index < -0.39 is 5.91 Å². The highest BCUT2D eigenvalue weighted by molar-refractivity contribution is 7.97. The Labute approximate surface area is 108 Å². The van der Waals surface area contributed by atoms with Crippen LogP contribution < -0.4 is 0 Å². The molecule has 2 aromatic rings. The maximum atomic E-state index is 10.9. The highest BCUT2D eigenvalue weighted by atomic mass is 32.2. The van der Waals surface area contributed by atoms with Gasteiger partial charge in [0.2, 0.25) is 0 Å². The Bertz CT molecular complexity index is 539. The Morgan fingerprint density at radius 1 is 1.28 bits per heavy atom. The summed E-state index contributed by atoms with van der Waals surface area (Å²) in [6.07, 6.45) is 0. The molecule has 0 N–H and O–H groups in total. The van der Waals surface area contributed by atoms with Crippen LogP contribution in [0.1, 0.15) is 21.8 Å². The molecule has 0 aliphatic rings. The summed E-state index contributed by atoms with van der Waals surface area (Å²) in [5.41, 5.74) is 1.17. The van der Waals surface area contributed by atoms with Crippen molar-refractivity contribution in [3.05, 3.63) is 58.3 Å². The largest absolute Gasteiger partial charge is 0.360 e. The van der Waals surface area contributed by atoms with Gasteiger partial charge in [-0.3, -0.25) is 4.79 Å². The van der Waals surface area contributed by atoms with Crippen molar-refractivity contribution in [2.75, 3.05) is 0 Å². The monoisotopic (exact) mass is 262 g/mol. The summed E-state index contributed by atoms with van der Waals surface area (Å²) in [6, 6.07) is 11.5. The second kappa shape index (κ2) is 6.11. The van der Waals surface area contributed by atoms with Crippen molar-refractivity contribution in [2.24, 2.45) is 5.18 Å². The van der Waals surface area contributed by atoms with E-state index in [1.54, 1.807) is 11.8 Å². The number of amides is 1. The number of rotatable bonds is 5. The first-order valence-corrected chi connectivity index (χ1v) is 6.40. The van der Waals surface area contributed by atoms with Crippen LogP contribution in [0.15, 0.2) is 46.1 Å². The Morgan fingerprint density at radius 2 is 2.06 bits per heavy atom. The average Bonchev–Trinajstić information content (AvgIpc) is 2.88. The second-order valence-corrected chi connectivity index (χ2v) is 4.54. The van der Waals surface area contributed by atoms with Crippen molar-refractivity contribution in [3.63, 3.8) is 0 Å². The summed E-state index contributed by atoms with van der Waals surface area (Å²) in [5, 5.41) is 5.76. The lowest BCUT2D eigenvalue weighted by Crippen LogP contribution is -1.91. The van der Waals surface area contributed by atoms with Crippen LogP contribution in [0.25, 0.3) is 0 Å². The molecule has 0 spiro atoms. The zero-order valence-electron chi connectivity index (χ0n) is 9.41. The van der Waals surface area contributed by atoms with E-state index in [9.17, 15) is 9.70 Å². The minimum absolute atomic E-state index is 0.0414. The Kier molecular flexibility index (Phi) is 4.25. The molecule has 0 fully saturated rings. The zero-order valence-corrected chi connectivity index (χ0v) is 10.2. The normalized spacial score (nSPS) is 10.2. The van der Waals surface area contributed by atoms with Crippen LogP contribution in [0.4, 0.5) is 0 Å². The number of carbonyl (C=O) groups excluding carboxylic acids is 1. The molecule has 6 heteroatoms. The lowest BCUT2D eigenvalue weighted by molar-refractivity contribution is 0.0992. The number of hydrogen-bond acceptors (Lipinski definition) is 5. The van der Waals surface area contributed by atoms with Gasteiger partial charge in [0.1, 0.15) is 5.76 Å². The Hall–Kier alpha value is -1.95. The lowest BCUT2D eigenvalue weighted by Gasteiger charge is -1.98. The third-order valence-electron chi connectivity index (χ3n) is 2.22. The van der Waals surface area contributed by atoms with Gasteiger partial charge in [-0.15, -0.1) is 16.7 Å². The Balaban J connectivity index is 1.85. The first kappa shape index (κ1) is 12.5. The van der Waals surface area contributed by atoms with Crippen LogP contribution >= 0.6 is 11.8 Å². The third-order valence-corrected chi connectivity index (χ3v) is 3.24. The number of carbonyl (C=O) groups is 1. The molecule has 0 radical (unpaired) electrons. The predicted molar refractivity (Wildman–Crippen MR) is 68.1 cm³/mol. The van der Waals surface area contributed by atoms with Gasteiger partial charge in [0.05, 0.1) is 5.75 Å². The molecule has 0 saturated heterocycles. The number of hydrogen-bond donors (Lipinski definition) is 0. The molecule has 0 aliphatic heterocycles. The molecule has 18 heavy (non-hydrogen) atoms. The van der Waals surface area contributed by atoms with E-state index in [0.717, 1.165) is 5.75 Å². The molecule has 0 aliphatic carbocycles. The molecule has 5 nitrogen and oxygen atoms in total. The minimum Gasteiger partial charge on any atom is -0.360 e. The van der Waals surface area contributed by atoms with Crippen LogP contribution in [0.5, 0.6) is 0 Å². The van der Waals surface area contributed by atoms with Gasteiger partial charge >= 0.3 is 5.91 Å². The molecule has 0 unspecified atom stereocenters. The van der Waals surface area contributed by atoms with Crippen LogP contribution in [-0.4, -0.2) is 11.1 Å². The van der Waals surface area contributed by atoms with E-state index in [-0.39, 0.29) is 5.69 Å². The highest BCUT2D eigenvalue weighted by Crippen LogP contribution is 2.18. The minimum atomic E-state index is -0.905. The molecule has 0 atom stereocenters. The molecule has 1 aromatic carbocycles. The van der Waals surface area contributed by atoms with Crippen LogP contribution in [0.3, 0.4) is 0 Å². The lowest BCUT2D eigenvalue weighted by atomic mass is 10.2. The summed E-state index contributed by atoms with van der Waals surface area (Å²) in [4.78, 5) is 20.9. The molecular formula is C12H10N2O3S. The smallest absolute Gasteiger partial charge is 0.338 e. The molecule has 2 rings (SSSR count).